The molecule has 2 aliphatic rings. The van der Waals surface area contributed by atoms with Gasteiger partial charge < -0.3 is 10.1 Å². The van der Waals surface area contributed by atoms with Gasteiger partial charge in [-0.05, 0) is 55.9 Å². The Hall–Kier alpha value is -2.71. The number of rotatable bonds is 4. The molecule has 9 heteroatoms. The van der Waals surface area contributed by atoms with E-state index in [-0.39, 0.29) is 11.3 Å². The second-order valence-electron chi connectivity index (χ2n) is 6.68. The zero-order chi connectivity index (χ0) is 18.9. The molecule has 0 radical (unpaired) electrons. The maximum atomic E-state index is 12.7. The molecule has 0 aromatic heterocycles. The standard InChI is InChI=1S/C17H19F2N3O4/c1-10-6-8-17(9-7-10)14(24)22(16(25)20-17)21-13(23)11-2-4-12(5-3-11)26-15(18)19/h2-5,10,15H,6-9H2,1H3,(H,20,25)(H,21,23). The van der Waals surface area contributed by atoms with Crippen LogP contribution in [0.4, 0.5) is 13.6 Å². The fourth-order valence-electron chi connectivity index (χ4n) is 3.27. The predicted molar refractivity (Wildman–Crippen MR) is 86.3 cm³/mol. The molecule has 0 bridgehead atoms. The van der Waals surface area contributed by atoms with Crippen molar-refractivity contribution in [1.82, 2.24) is 15.8 Å². The van der Waals surface area contributed by atoms with Crippen LogP contribution in [-0.2, 0) is 4.79 Å². The summed E-state index contributed by atoms with van der Waals surface area (Å²) >= 11 is 0. The van der Waals surface area contributed by atoms with Gasteiger partial charge in [-0.15, -0.1) is 0 Å². The van der Waals surface area contributed by atoms with Crippen molar-refractivity contribution in [3.8, 4) is 5.75 Å². The second-order valence-corrected chi connectivity index (χ2v) is 6.68. The number of alkyl halides is 2. The normalized spacial score (nSPS) is 25.5. The molecule has 1 aromatic rings. The van der Waals surface area contributed by atoms with Gasteiger partial charge in [-0.1, -0.05) is 6.92 Å². The summed E-state index contributed by atoms with van der Waals surface area (Å²) in [6.07, 6.45) is 2.70. The molecule has 3 rings (SSSR count). The fraction of sp³-hybridized carbons (Fsp3) is 0.471. The molecule has 4 amide bonds. The minimum absolute atomic E-state index is 0.0955. The van der Waals surface area contributed by atoms with E-state index in [1.165, 1.54) is 24.3 Å². The van der Waals surface area contributed by atoms with Gasteiger partial charge in [-0.25, -0.2) is 4.79 Å². The summed E-state index contributed by atoms with van der Waals surface area (Å²) in [6, 6.07) is 4.27. The van der Waals surface area contributed by atoms with E-state index >= 15 is 0 Å². The third kappa shape index (κ3) is 3.47. The van der Waals surface area contributed by atoms with Crippen molar-refractivity contribution < 1.29 is 27.9 Å². The molecule has 140 valence electrons. The highest BCUT2D eigenvalue weighted by Gasteiger charge is 2.52. The highest BCUT2D eigenvalue weighted by molar-refractivity contribution is 6.09. The first-order valence-corrected chi connectivity index (χ1v) is 8.33. The average Bonchev–Trinajstić information content (AvgIpc) is 2.82. The zero-order valence-corrected chi connectivity index (χ0v) is 14.1. The van der Waals surface area contributed by atoms with Crippen LogP contribution in [0.15, 0.2) is 24.3 Å². The number of amides is 4. The summed E-state index contributed by atoms with van der Waals surface area (Å²) in [6.45, 7) is -0.871. The van der Waals surface area contributed by atoms with Crippen LogP contribution in [0.25, 0.3) is 0 Å². The van der Waals surface area contributed by atoms with Crippen molar-refractivity contribution in [2.75, 3.05) is 0 Å². The first-order valence-electron chi connectivity index (χ1n) is 8.33. The molecule has 2 fully saturated rings. The van der Waals surface area contributed by atoms with Gasteiger partial charge in [0.2, 0.25) is 0 Å². The number of ether oxygens (including phenoxy) is 1. The van der Waals surface area contributed by atoms with E-state index < -0.39 is 30.0 Å². The highest BCUT2D eigenvalue weighted by atomic mass is 19.3. The molecule has 2 N–H and O–H groups in total. The lowest BCUT2D eigenvalue weighted by Crippen LogP contribution is -2.51. The van der Waals surface area contributed by atoms with E-state index in [2.05, 4.69) is 22.4 Å². The van der Waals surface area contributed by atoms with Gasteiger partial charge in [0, 0.05) is 5.56 Å². The van der Waals surface area contributed by atoms with Crippen molar-refractivity contribution in [2.45, 2.75) is 44.8 Å². The van der Waals surface area contributed by atoms with Crippen LogP contribution in [0.3, 0.4) is 0 Å². The molecule has 1 saturated heterocycles. The third-order valence-electron chi connectivity index (χ3n) is 4.84. The maximum absolute atomic E-state index is 12.7. The van der Waals surface area contributed by atoms with E-state index in [1.54, 1.807) is 0 Å². The first kappa shape index (κ1) is 18.1. The number of nitrogens with zero attached hydrogens (tertiary/aromatic N) is 1. The number of imide groups is 1. The Morgan fingerprint density at radius 3 is 2.46 bits per heavy atom. The summed E-state index contributed by atoms with van der Waals surface area (Å²) in [5.74, 6) is -0.775. The number of hydrogen-bond donors (Lipinski definition) is 2. The number of nitrogens with one attached hydrogen (secondary N) is 2. The second kappa shape index (κ2) is 6.89. The Morgan fingerprint density at radius 1 is 1.27 bits per heavy atom. The largest absolute Gasteiger partial charge is 0.435 e. The van der Waals surface area contributed by atoms with Gasteiger partial charge in [-0.2, -0.15) is 13.8 Å². The Labute approximate surface area is 148 Å². The number of urea groups is 1. The Kier molecular flexibility index (Phi) is 4.80. The number of carbonyl (C=O) groups excluding carboxylic acids is 3. The number of hydrazine groups is 1. The van der Waals surface area contributed by atoms with Crippen LogP contribution >= 0.6 is 0 Å². The van der Waals surface area contributed by atoms with Gasteiger partial charge in [0.15, 0.2) is 0 Å². The number of benzene rings is 1. The SMILES string of the molecule is CC1CCC2(CC1)NC(=O)N(NC(=O)c1ccc(OC(F)F)cc1)C2=O. The fourth-order valence-corrected chi connectivity index (χ4v) is 3.27. The monoisotopic (exact) mass is 367 g/mol. The van der Waals surface area contributed by atoms with E-state index in [0.29, 0.717) is 23.8 Å². The van der Waals surface area contributed by atoms with Crippen LogP contribution in [-0.4, -0.2) is 35.0 Å². The third-order valence-corrected chi connectivity index (χ3v) is 4.84. The topological polar surface area (TPSA) is 87.7 Å². The lowest BCUT2D eigenvalue weighted by Gasteiger charge is -2.33. The van der Waals surface area contributed by atoms with Crippen LogP contribution in [0.1, 0.15) is 43.0 Å². The minimum atomic E-state index is -2.96. The summed E-state index contributed by atoms with van der Waals surface area (Å²) in [4.78, 5) is 37.1. The van der Waals surface area contributed by atoms with Gasteiger partial charge in [0.25, 0.3) is 11.8 Å². The molecule has 0 atom stereocenters. The Morgan fingerprint density at radius 2 is 1.88 bits per heavy atom. The number of carbonyl (C=O) groups is 3. The summed E-state index contributed by atoms with van der Waals surface area (Å²) in [7, 11) is 0. The predicted octanol–water partition coefficient (Wildman–Crippen LogP) is 2.43. The van der Waals surface area contributed by atoms with Gasteiger partial charge >= 0.3 is 12.6 Å². The molecule has 7 nitrogen and oxygen atoms in total. The highest BCUT2D eigenvalue weighted by Crippen LogP contribution is 2.35. The number of halogens is 2. The molecular weight excluding hydrogens is 348 g/mol. The van der Waals surface area contributed by atoms with E-state index in [4.69, 9.17) is 0 Å². The van der Waals surface area contributed by atoms with Gasteiger partial charge in [-0.3, -0.25) is 15.0 Å². The summed E-state index contributed by atoms with van der Waals surface area (Å²) in [5, 5.41) is 3.39. The zero-order valence-electron chi connectivity index (χ0n) is 14.1. The molecular formula is C17H19F2N3O4. The first-order chi connectivity index (χ1) is 12.3. The van der Waals surface area contributed by atoms with Crippen molar-refractivity contribution in [1.29, 1.82) is 0 Å². The minimum Gasteiger partial charge on any atom is -0.435 e. The van der Waals surface area contributed by atoms with Crippen LogP contribution in [0, 0.1) is 5.92 Å². The average molecular weight is 367 g/mol. The quantitative estimate of drug-likeness (QED) is 0.800. The molecule has 26 heavy (non-hydrogen) atoms. The van der Waals surface area contributed by atoms with Crippen LogP contribution in [0.2, 0.25) is 0 Å². The summed E-state index contributed by atoms with van der Waals surface area (Å²) in [5.41, 5.74) is 1.43. The van der Waals surface area contributed by atoms with Crippen molar-refractivity contribution in [3.63, 3.8) is 0 Å². The van der Waals surface area contributed by atoms with Crippen LogP contribution in [0.5, 0.6) is 5.75 Å². The lowest BCUT2D eigenvalue weighted by atomic mass is 9.77. The molecule has 1 aliphatic heterocycles. The molecule has 1 saturated carbocycles. The van der Waals surface area contributed by atoms with E-state index in [1.807, 2.05) is 0 Å². The summed E-state index contributed by atoms with van der Waals surface area (Å²) < 4.78 is 28.5. The Bertz CT molecular complexity index is 715. The number of hydrogen-bond acceptors (Lipinski definition) is 4. The van der Waals surface area contributed by atoms with Gasteiger partial charge in [0.05, 0.1) is 0 Å². The maximum Gasteiger partial charge on any atom is 0.387 e. The molecule has 1 heterocycles. The van der Waals surface area contributed by atoms with Crippen LogP contribution < -0.4 is 15.5 Å². The molecule has 1 aromatic carbocycles. The van der Waals surface area contributed by atoms with E-state index in [0.717, 1.165) is 12.8 Å². The van der Waals surface area contributed by atoms with Gasteiger partial charge in [0.1, 0.15) is 11.3 Å². The van der Waals surface area contributed by atoms with Crippen molar-refractivity contribution in [3.05, 3.63) is 29.8 Å². The Balaban J connectivity index is 1.67. The molecule has 1 aliphatic carbocycles. The smallest absolute Gasteiger partial charge is 0.387 e. The molecule has 1 spiro atoms. The van der Waals surface area contributed by atoms with E-state index in [9.17, 15) is 23.2 Å². The molecule has 0 unspecified atom stereocenters. The lowest BCUT2D eigenvalue weighted by molar-refractivity contribution is -0.134. The van der Waals surface area contributed by atoms with Crippen molar-refractivity contribution >= 4 is 17.8 Å². The van der Waals surface area contributed by atoms with Crippen molar-refractivity contribution in [2.24, 2.45) is 5.92 Å².